The second kappa shape index (κ2) is 11.7. The van der Waals surface area contributed by atoms with E-state index in [1.54, 1.807) is 60.7 Å². The van der Waals surface area contributed by atoms with E-state index < -0.39 is 20.0 Å². The van der Waals surface area contributed by atoms with Gasteiger partial charge < -0.3 is 15.8 Å². The molecule has 0 amide bonds. The molecule has 0 fully saturated rings. The molecule has 5 aromatic rings. The second-order valence-corrected chi connectivity index (χ2v) is 13.1. The molecule has 216 valence electrons. The van der Waals surface area contributed by atoms with E-state index in [4.69, 9.17) is 10.7 Å². The minimum atomic E-state index is -3.84. The molecule has 0 saturated heterocycles. The Kier molecular flexibility index (Phi) is 8.03. The van der Waals surface area contributed by atoms with E-state index in [0.29, 0.717) is 44.8 Å². The summed E-state index contributed by atoms with van der Waals surface area (Å²) in [5.74, 6) is -0.140. The van der Waals surface area contributed by atoms with Crippen LogP contribution in [0.4, 0.5) is 17.1 Å². The van der Waals surface area contributed by atoms with E-state index >= 15 is 0 Å². The zero-order valence-corrected chi connectivity index (χ0v) is 24.2. The van der Waals surface area contributed by atoms with E-state index in [9.17, 15) is 21.9 Å². The standard InChI is InChI=1S/C30H29N5O5S2/c1-41(37,38)35(19-18-31)24-15-12-22(13-16-24)32-29(21-8-4-2-5-9-21)28-26-20-23(14-17-27(26)33-30(28)36)34-42(39,40)25-10-6-3-7-11-25/h2-17,20,33-34,36H,18-19,31H2,1H3. The van der Waals surface area contributed by atoms with Crippen LogP contribution in [0.3, 0.4) is 0 Å². The molecule has 4 aromatic carbocycles. The summed E-state index contributed by atoms with van der Waals surface area (Å²) < 4.78 is 54.3. The van der Waals surface area contributed by atoms with Crippen molar-refractivity contribution in [2.45, 2.75) is 4.90 Å². The van der Waals surface area contributed by atoms with Gasteiger partial charge in [-0.15, -0.1) is 0 Å². The molecule has 10 nitrogen and oxygen atoms in total. The van der Waals surface area contributed by atoms with Crippen molar-refractivity contribution in [1.29, 1.82) is 0 Å². The van der Waals surface area contributed by atoms with Crippen molar-refractivity contribution in [3.05, 3.63) is 114 Å². The zero-order valence-electron chi connectivity index (χ0n) is 22.6. The maximum absolute atomic E-state index is 13.0. The number of nitrogens with two attached hydrogens (primary N) is 1. The number of sulfonamides is 2. The summed E-state index contributed by atoms with van der Waals surface area (Å²) in [6.07, 6.45) is 1.12. The largest absolute Gasteiger partial charge is 0.494 e. The predicted octanol–water partition coefficient (Wildman–Crippen LogP) is 4.57. The van der Waals surface area contributed by atoms with Crippen molar-refractivity contribution in [2.24, 2.45) is 10.7 Å². The minimum absolute atomic E-state index is 0.123. The van der Waals surface area contributed by atoms with Crippen molar-refractivity contribution < 1.29 is 21.9 Å². The highest BCUT2D eigenvalue weighted by molar-refractivity contribution is 7.92. The molecule has 0 saturated carbocycles. The Hall–Kier alpha value is -4.65. The molecule has 42 heavy (non-hydrogen) atoms. The van der Waals surface area contributed by atoms with Crippen molar-refractivity contribution in [3.63, 3.8) is 0 Å². The number of hydrogen-bond donors (Lipinski definition) is 4. The van der Waals surface area contributed by atoms with Gasteiger partial charge in [-0.3, -0.25) is 9.03 Å². The van der Waals surface area contributed by atoms with Gasteiger partial charge in [-0.2, -0.15) is 0 Å². The molecule has 0 radical (unpaired) electrons. The number of rotatable bonds is 10. The summed E-state index contributed by atoms with van der Waals surface area (Å²) in [5.41, 5.74) is 8.97. The third kappa shape index (κ3) is 6.15. The molecule has 0 unspecified atom stereocenters. The monoisotopic (exact) mass is 603 g/mol. The van der Waals surface area contributed by atoms with E-state index in [2.05, 4.69) is 9.71 Å². The Balaban J connectivity index is 1.60. The van der Waals surface area contributed by atoms with Gasteiger partial charge in [-0.25, -0.2) is 21.8 Å². The van der Waals surface area contributed by atoms with E-state index in [0.717, 1.165) is 6.26 Å². The quantitative estimate of drug-likeness (QED) is 0.171. The summed E-state index contributed by atoms with van der Waals surface area (Å²) in [5, 5.41) is 11.6. The molecule has 12 heteroatoms. The summed E-state index contributed by atoms with van der Waals surface area (Å²) in [7, 11) is -7.37. The molecule has 5 rings (SSSR count). The molecule has 0 aliphatic carbocycles. The molecule has 5 N–H and O–H groups in total. The summed E-state index contributed by atoms with van der Waals surface area (Å²) in [4.78, 5) is 7.92. The zero-order chi connectivity index (χ0) is 29.9. The van der Waals surface area contributed by atoms with Gasteiger partial charge in [0.2, 0.25) is 10.0 Å². The van der Waals surface area contributed by atoms with Crippen LogP contribution in [0.5, 0.6) is 5.88 Å². The van der Waals surface area contributed by atoms with Gasteiger partial charge >= 0.3 is 0 Å². The molecule has 1 heterocycles. The molecule has 0 atom stereocenters. The Morgan fingerprint density at radius 1 is 0.905 bits per heavy atom. The van der Waals surface area contributed by atoms with E-state index in [-0.39, 0.29) is 23.9 Å². The Bertz CT molecular complexity index is 1960. The highest BCUT2D eigenvalue weighted by Crippen LogP contribution is 2.34. The number of aromatic hydroxyl groups is 1. The van der Waals surface area contributed by atoms with E-state index in [1.165, 1.54) is 16.4 Å². The van der Waals surface area contributed by atoms with Crippen molar-refractivity contribution in [3.8, 4) is 5.88 Å². The average Bonchev–Trinajstić information content (AvgIpc) is 3.30. The van der Waals surface area contributed by atoms with Crippen LogP contribution in [0.1, 0.15) is 11.1 Å². The number of nitrogens with zero attached hydrogens (tertiary/aromatic N) is 2. The number of hydrogen-bond acceptors (Lipinski definition) is 7. The maximum Gasteiger partial charge on any atom is 0.261 e. The lowest BCUT2D eigenvalue weighted by Crippen LogP contribution is -2.34. The average molecular weight is 604 g/mol. The number of anilines is 2. The summed E-state index contributed by atoms with van der Waals surface area (Å²) in [6.45, 7) is 0.296. The summed E-state index contributed by atoms with van der Waals surface area (Å²) in [6, 6.07) is 28.8. The van der Waals surface area contributed by atoms with E-state index in [1.807, 2.05) is 30.3 Å². The highest BCUT2D eigenvalue weighted by Gasteiger charge is 2.21. The number of benzene rings is 4. The van der Waals surface area contributed by atoms with Crippen LogP contribution < -0.4 is 14.8 Å². The third-order valence-electron chi connectivity index (χ3n) is 6.48. The van der Waals surface area contributed by atoms with Crippen LogP contribution in [0, 0.1) is 0 Å². The first kappa shape index (κ1) is 28.9. The highest BCUT2D eigenvalue weighted by atomic mass is 32.2. The third-order valence-corrected chi connectivity index (χ3v) is 9.07. The predicted molar refractivity (Wildman–Crippen MR) is 167 cm³/mol. The molecule has 1 aromatic heterocycles. The number of nitrogens with one attached hydrogen (secondary N) is 2. The van der Waals surface area contributed by atoms with Crippen LogP contribution in [0.15, 0.2) is 113 Å². The molecule has 0 spiro atoms. The van der Waals surface area contributed by atoms with Crippen molar-refractivity contribution in [2.75, 3.05) is 28.4 Å². The smallest absolute Gasteiger partial charge is 0.261 e. The summed E-state index contributed by atoms with van der Waals surface area (Å²) >= 11 is 0. The fourth-order valence-corrected chi connectivity index (χ4v) is 6.59. The van der Waals surface area contributed by atoms with Gasteiger partial charge in [0, 0.05) is 35.2 Å². The Morgan fingerprint density at radius 2 is 1.55 bits per heavy atom. The lowest BCUT2D eigenvalue weighted by Gasteiger charge is -2.21. The van der Waals surface area contributed by atoms with Crippen LogP contribution in [0.2, 0.25) is 0 Å². The van der Waals surface area contributed by atoms with Crippen LogP contribution >= 0.6 is 0 Å². The molecular formula is C30H29N5O5S2. The lowest BCUT2D eigenvalue weighted by molar-refractivity contribution is 0.457. The normalized spacial score (nSPS) is 12.4. The fraction of sp³-hybridized carbons (Fsp3) is 0.100. The van der Waals surface area contributed by atoms with Crippen molar-refractivity contribution >= 4 is 53.7 Å². The van der Waals surface area contributed by atoms with Crippen LogP contribution in [-0.2, 0) is 20.0 Å². The van der Waals surface area contributed by atoms with Crippen LogP contribution in [0.25, 0.3) is 10.9 Å². The first-order chi connectivity index (χ1) is 20.1. The molecule has 0 aliphatic heterocycles. The number of aliphatic imine (C=N–C) groups is 1. The minimum Gasteiger partial charge on any atom is -0.494 e. The molecule has 0 bridgehead atoms. The number of aromatic nitrogens is 1. The van der Waals surface area contributed by atoms with Crippen LogP contribution in [-0.4, -0.2) is 52.0 Å². The fourth-order valence-electron chi connectivity index (χ4n) is 4.58. The topological polar surface area (TPSA) is 158 Å². The Morgan fingerprint density at radius 3 is 2.17 bits per heavy atom. The van der Waals surface area contributed by atoms with Gasteiger partial charge in [-0.1, -0.05) is 48.5 Å². The number of aromatic amines is 1. The molecular weight excluding hydrogens is 574 g/mol. The van der Waals surface area contributed by atoms with Gasteiger partial charge in [0.25, 0.3) is 10.0 Å². The molecule has 0 aliphatic rings. The maximum atomic E-state index is 13.0. The lowest BCUT2D eigenvalue weighted by atomic mass is 10.0. The van der Waals surface area contributed by atoms with Gasteiger partial charge in [0.05, 0.1) is 33.8 Å². The van der Waals surface area contributed by atoms with Gasteiger partial charge in [0.15, 0.2) is 5.88 Å². The Labute approximate surface area is 244 Å². The first-order valence-electron chi connectivity index (χ1n) is 12.9. The van der Waals surface area contributed by atoms with Crippen molar-refractivity contribution in [1.82, 2.24) is 4.98 Å². The SMILES string of the molecule is CS(=O)(=O)N(CCN)c1ccc(N=C(c2ccccc2)c2c(O)[nH]c3ccc(NS(=O)(=O)c4ccccc4)cc23)cc1. The van der Waals surface area contributed by atoms with Gasteiger partial charge in [0.1, 0.15) is 0 Å². The number of fused-ring (bicyclic) bond motifs is 1. The second-order valence-electron chi connectivity index (χ2n) is 9.49. The van der Waals surface area contributed by atoms with Gasteiger partial charge in [-0.05, 0) is 54.6 Å². The first-order valence-corrected chi connectivity index (χ1v) is 16.2. The number of H-pyrrole nitrogens is 1.